The second-order valence-electron chi connectivity index (χ2n) is 10.8. The summed E-state index contributed by atoms with van der Waals surface area (Å²) in [6.45, 7) is -0.657. The minimum atomic E-state index is -4.63. The summed E-state index contributed by atoms with van der Waals surface area (Å²) in [5, 5.41) is 24.3. The van der Waals surface area contributed by atoms with Gasteiger partial charge in [0.2, 0.25) is 15.8 Å². The van der Waals surface area contributed by atoms with Crippen LogP contribution >= 0.6 is 0 Å². The Morgan fingerprint density at radius 3 is 1.30 bits per heavy atom. The molecule has 370 valence electrons. The van der Waals surface area contributed by atoms with E-state index in [-0.39, 0.29) is 15.5 Å². The van der Waals surface area contributed by atoms with E-state index in [2.05, 4.69) is 4.18 Å². The van der Waals surface area contributed by atoms with Crippen molar-refractivity contribution in [3.63, 3.8) is 0 Å². The van der Waals surface area contributed by atoms with Crippen molar-refractivity contribution in [2.45, 2.75) is 19.6 Å². The van der Waals surface area contributed by atoms with Gasteiger partial charge in [-0.25, -0.2) is 34.6 Å². The lowest BCUT2D eigenvalue weighted by atomic mass is 10.2. The van der Waals surface area contributed by atoms with Crippen LogP contribution in [0.1, 0.15) is 0 Å². The van der Waals surface area contributed by atoms with E-state index in [0.29, 0.717) is 22.3 Å². The minimum absolute atomic E-state index is 0.0311. The van der Waals surface area contributed by atoms with Crippen molar-refractivity contribution in [2.75, 3.05) is 41.6 Å². The number of nitrogens with zero attached hydrogens (tertiary/aromatic N) is 1. The third-order valence-corrected chi connectivity index (χ3v) is 10.9. The van der Waals surface area contributed by atoms with Gasteiger partial charge in [-0.3, -0.25) is 19.2 Å². The molecule has 0 spiro atoms. The highest BCUT2D eigenvalue weighted by atomic mass is 32.3. The van der Waals surface area contributed by atoms with Crippen LogP contribution in [0.15, 0.2) is 105 Å². The number of rotatable bonds is 9. The molecule has 0 atom stereocenters. The maximum absolute atomic E-state index is 11.7. The normalized spacial score (nSPS) is 10.7. The highest BCUT2D eigenvalue weighted by molar-refractivity contribution is 7.91. The van der Waals surface area contributed by atoms with Crippen LogP contribution < -0.4 is 28.1 Å². The summed E-state index contributed by atoms with van der Waals surface area (Å²) in [6.07, 6.45) is 1.17. The molecule has 0 bridgehead atoms. The lowest BCUT2D eigenvalue weighted by Crippen LogP contribution is -2.15. The highest BCUT2D eigenvalue weighted by Crippen LogP contribution is 2.34. The van der Waals surface area contributed by atoms with Gasteiger partial charge >= 0.3 is 47.9 Å². The molecule has 13 N–H and O–H groups in total. The smallest absolute Gasteiger partial charge is 0.425 e. The van der Waals surface area contributed by atoms with Crippen molar-refractivity contribution in [1.29, 1.82) is 0 Å². The van der Waals surface area contributed by atoms with Crippen LogP contribution in [-0.4, -0.2) is 118 Å². The van der Waals surface area contributed by atoms with E-state index in [0.717, 1.165) is 6.07 Å². The summed E-state index contributed by atoms with van der Waals surface area (Å²) in [6, 6.07) is 18.6. The number of nitrogen functional groups attached to an aromatic ring is 4. The lowest BCUT2D eigenvalue weighted by Gasteiger charge is -2.04. The molecule has 0 unspecified atom stereocenters. The Morgan fingerprint density at radius 2 is 0.985 bits per heavy atom. The van der Waals surface area contributed by atoms with Crippen LogP contribution in [0.25, 0.3) is 0 Å². The summed E-state index contributed by atoms with van der Waals surface area (Å²) in [7, 11) is -28.9. The van der Waals surface area contributed by atoms with Gasteiger partial charge in [-0.05, 0) is 72.8 Å². The molecule has 39 heteroatoms. The summed E-state index contributed by atoms with van der Waals surface area (Å²) in [5.74, 6) is -1.41. The first-order chi connectivity index (χ1) is 29.6. The molecular weight excluding hydrogens is 1060 g/mol. The second-order valence-corrected chi connectivity index (χ2v) is 20.2. The Labute approximate surface area is 378 Å². The van der Waals surface area contributed by atoms with Crippen LogP contribution in [0.2, 0.25) is 0 Å². The van der Waals surface area contributed by atoms with Gasteiger partial charge in [0.15, 0.2) is 19.7 Å². The number of hydrogen-bond acceptors (Lipinski definition) is 27. The van der Waals surface area contributed by atoms with Gasteiger partial charge in [-0.1, -0.05) is 6.07 Å². The van der Waals surface area contributed by atoms with Crippen LogP contribution in [0.5, 0.6) is 5.75 Å². The Bertz CT molecular complexity index is 3050. The summed E-state index contributed by atoms with van der Waals surface area (Å²) in [4.78, 5) is 8.95. The average Bonchev–Trinajstić information content (AvgIpc) is 3.11. The van der Waals surface area contributed by atoms with Crippen molar-refractivity contribution in [2.24, 2.45) is 5.14 Å². The molecule has 0 aliphatic rings. The number of benzene rings is 4. The standard InChI is InChI=1S/C8H11NO6S2.C7H9NO2S.C6H6N2O6S.C6H8N2O2S.3O3S/c9-7-2-1-3-8(6-7)16(10,11)5-4-15-17(12,13)14;1-11(9,10)7-4-2-6(8)3-5-7;7-4-1-3(15(12,13)14)2-5(6(4)9)8(10)11;7-5-1-3-6(4-2-5)11(8,9)10;3*1-4(2)3/h1-3,6H,4-5,9H2,(H,12,13,14);2-5H,8H2,1H3;1-2,9H,7H2,(H,12,13,14);1-4H,7H2,(H2,8,9,10);;;. The predicted octanol–water partition coefficient (Wildman–Crippen LogP) is -2.43. The Balaban J connectivity index is -0.000000747. The van der Waals surface area contributed by atoms with E-state index in [1.54, 1.807) is 12.1 Å². The van der Waals surface area contributed by atoms with Crippen LogP contribution in [0.4, 0.5) is 28.4 Å². The van der Waals surface area contributed by atoms with E-state index >= 15 is 0 Å². The molecular formula is C27H34N6O25S8. The molecule has 4 aromatic rings. The van der Waals surface area contributed by atoms with E-state index < -0.39 is 121 Å². The number of aromatic hydroxyl groups is 1. The first kappa shape index (κ1) is 64.0. The molecule has 4 aromatic carbocycles. The minimum Gasteiger partial charge on any atom is -0.501 e. The summed E-state index contributed by atoms with van der Waals surface area (Å²) < 4.78 is 205. The Kier molecular flexibility index (Phi) is 27.7. The first-order valence-corrected chi connectivity index (χ1v) is 26.2. The van der Waals surface area contributed by atoms with E-state index in [9.17, 15) is 52.2 Å². The number of nitrogens with two attached hydrogens (primary N) is 5. The van der Waals surface area contributed by atoms with Gasteiger partial charge in [0.1, 0.15) is 4.90 Å². The molecule has 0 heterocycles. The van der Waals surface area contributed by atoms with Crippen molar-refractivity contribution in [3.8, 4) is 5.75 Å². The fraction of sp³-hybridized carbons (Fsp3) is 0.111. The quantitative estimate of drug-likeness (QED) is 0.0284. The number of primary sulfonamides is 1. The van der Waals surface area contributed by atoms with Gasteiger partial charge < -0.3 is 28.0 Å². The third-order valence-electron chi connectivity index (χ3n) is 5.91. The lowest BCUT2D eigenvalue weighted by molar-refractivity contribution is -0.386. The largest absolute Gasteiger partial charge is 0.501 e. The number of phenols is 1. The number of sulfone groups is 2. The van der Waals surface area contributed by atoms with Crippen molar-refractivity contribution >= 4 is 110 Å². The predicted molar refractivity (Wildman–Crippen MR) is 225 cm³/mol. The van der Waals surface area contributed by atoms with Gasteiger partial charge in [0, 0.05) is 29.4 Å². The maximum atomic E-state index is 11.7. The van der Waals surface area contributed by atoms with Crippen LogP contribution in [0, 0.1) is 10.1 Å². The first-order valence-electron chi connectivity index (χ1n) is 15.3. The maximum Gasteiger partial charge on any atom is 0.425 e. The third kappa shape index (κ3) is 32.4. The van der Waals surface area contributed by atoms with Crippen LogP contribution in [0.3, 0.4) is 0 Å². The van der Waals surface area contributed by atoms with Gasteiger partial charge in [-0.15, -0.1) is 37.9 Å². The monoisotopic (exact) mass is 1100 g/mol. The Morgan fingerprint density at radius 1 is 0.591 bits per heavy atom. The number of nitro groups is 1. The zero-order valence-corrected chi connectivity index (χ0v) is 39.0. The number of nitro benzene ring substituents is 1. The zero-order chi connectivity index (χ0) is 52.6. The molecule has 0 saturated carbocycles. The van der Waals surface area contributed by atoms with Gasteiger partial charge in [0.25, 0.3) is 10.1 Å². The van der Waals surface area contributed by atoms with E-state index in [1.165, 1.54) is 66.9 Å². The number of anilines is 4. The van der Waals surface area contributed by atoms with Crippen molar-refractivity contribution in [3.05, 3.63) is 95.0 Å². The Hall–Kier alpha value is -6.27. The van der Waals surface area contributed by atoms with Crippen LogP contribution in [-0.2, 0) is 86.2 Å². The highest BCUT2D eigenvalue weighted by Gasteiger charge is 2.22. The SMILES string of the molecule is CS(=O)(=O)c1ccc(N)cc1.Nc1cc(S(=O)(=O)O)cc([N+](=O)[O-])c1O.Nc1ccc(S(N)(=O)=O)cc1.Nc1cccc(S(=O)(=O)CCOS(=O)(=O)O)c1.O=S(=O)=O.O=S(=O)=O.O=S(=O)=O. The molecule has 0 fully saturated rings. The zero-order valence-electron chi connectivity index (χ0n) is 32.4. The average molecular weight is 1100 g/mol. The topological polar surface area (TPSA) is 567 Å². The molecule has 66 heavy (non-hydrogen) atoms. The second kappa shape index (κ2) is 28.6. The number of sulfonamides is 1. The molecule has 0 amide bonds. The van der Waals surface area contributed by atoms with Crippen molar-refractivity contribution < 1.29 is 103 Å². The summed E-state index contributed by atoms with van der Waals surface area (Å²) >= 11 is 0. The molecule has 0 radical (unpaired) electrons. The number of hydrogen-bond donors (Lipinski definition) is 8. The van der Waals surface area contributed by atoms with E-state index in [4.69, 9.17) is 80.2 Å². The fourth-order valence-electron chi connectivity index (χ4n) is 3.35. The molecule has 0 aliphatic heterocycles. The fourth-order valence-corrected chi connectivity index (χ4v) is 6.57. The van der Waals surface area contributed by atoms with Crippen molar-refractivity contribution in [1.82, 2.24) is 0 Å². The van der Waals surface area contributed by atoms with Gasteiger partial charge in [-0.2, -0.15) is 16.8 Å². The molecule has 0 saturated heterocycles. The summed E-state index contributed by atoms with van der Waals surface area (Å²) in [5.41, 5.74) is 21.2. The molecule has 4 rings (SSSR count). The van der Waals surface area contributed by atoms with E-state index in [1.807, 2.05) is 0 Å². The molecule has 31 nitrogen and oxygen atoms in total. The molecule has 0 aromatic heterocycles. The molecule has 0 aliphatic carbocycles. The number of phenolic OH excluding ortho intramolecular Hbond substituents is 1. The van der Waals surface area contributed by atoms with Gasteiger partial charge in [0.05, 0.1) is 37.7 Å².